The molecule has 0 bridgehead atoms. The van der Waals surface area contributed by atoms with Crippen molar-refractivity contribution >= 4 is 11.3 Å². The summed E-state index contributed by atoms with van der Waals surface area (Å²) in [6.07, 6.45) is -0.491. The minimum absolute atomic E-state index is 0.304. The van der Waals surface area contributed by atoms with Crippen LogP contribution in [0.15, 0.2) is 41.8 Å². The lowest BCUT2D eigenvalue weighted by Gasteiger charge is -2.15. The fourth-order valence-corrected chi connectivity index (χ4v) is 2.51. The molecule has 0 aliphatic heterocycles. The molecule has 1 aromatic carbocycles. The first kappa shape index (κ1) is 15.0. The van der Waals surface area contributed by atoms with Crippen molar-refractivity contribution in [2.75, 3.05) is 13.2 Å². The van der Waals surface area contributed by atoms with Crippen LogP contribution in [0.1, 0.15) is 13.8 Å². The molecule has 2 aromatic rings. The van der Waals surface area contributed by atoms with Gasteiger partial charge >= 0.3 is 0 Å². The number of hydrogen-bond donors (Lipinski definition) is 2. The number of benzene rings is 1. The van der Waals surface area contributed by atoms with Gasteiger partial charge in [0.1, 0.15) is 18.5 Å². The number of aliphatic hydroxyl groups is 1. The van der Waals surface area contributed by atoms with Crippen molar-refractivity contribution in [3.05, 3.63) is 41.8 Å². The lowest BCUT2D eigenvalue weighted by atomic mass is 10.2. The third kappa shape index (κ3) is 4.63. The normalized spacial score (nSPS) is 12.6. The van der Waals surface area contributed by atoms with E-state index in [1.54, 1.807) is 11.3 Å². The molecule has 0 amide bonds. The summed E-state index contributed by atoms with van der Waals surface area (Å²) in [5, 5.41) is 15.0. The van der Waals surface area contributed by atoms with Gasteiger partial charge in [0.25, 0.3) is 0 Å². The van der Waals surface area contributed by atoms with Gasteiger partial charge in [0.15, 0.2) is 0 Å². The molecule has 0 radical (unpaired) electrons. The van der Waals surface area contributed by atoms with Gasteiger partial charge in [-0.1, -0.05) is 19.9 Å². The molecule has 2 N–H and O–H groups in total. The number of rotatable bonds is 7. The quantitative estimate of drug-likeness (QED) is 0.823. The van der Waals surface area contributed by atoms with E-state index < -0.39 is 6.10 Å². The number of aliphatic hydroxyl groups excluding tert-OH is 1. The van der Waals surface area contributed by atoms with Crippen molar-refractivity contribution in [1.29, 1.82) is 0 Å². The standard InChI is InChI=1S/C16H21NO2S/c1-12(2)17-10-14(18)11-19-15-7-5-13(6-8-15)16-4-3-9-20-16/h3-9,12,14,17-18H,10-11H2,1-2H3/t14-/m1/s1. The molecule has 2 rings (SSSR count). The van der Waals surface area contributed by atoms with E-state index in [2.05, 4.69) is 30.6 Å². The van der Waals surface area contributed by atoms with Gasteiger partial charge in [0.2, 0.25) is 0 Å². The van der Waals surface area contributed by atoms with Gasteiger partial charge in [-0.2, -0.15) is 0 Å². The van der Waals surface area contributed by atoms with Crippen molar-refractivity contribution < 1.29 is 9.84 Å². The molecule has 108 valence electrons. The van der Waals surface area contributed by atoms with Crippen molar-refractivity contribution in [2.24, 2.45) is 0 Å². The average Bonchev–Trinajstić information content (AvgIpc) is 2.97. The average molecular weight is 291 g/mol. The molecular weight excluding hydrogens is 270 g/mol. The Morgan fingerprint density at radius 1 is 1.20 bits per heavy atom. The SMILES string of the molecule is CC(C)NC[C@@H](O)COc1ccc(-c2cccs2)cc1. The van der Waals surface area contributed by atoms with Crippen LogP contribution in [-0.2, 0) is 0 Å². The molecule has 1 aromatic heterocycles. The Bertz CT molecular complexity index is 494. The topological polar surface area (TPSA) is 41.5 Å². The van der Waals surface area contributed by atoms with Gasteiger partial charge in [0, 0.05) is 17.5 Å². The minimum Gasteiger partial charge on any atom is -0.491 e. The summed E-state index contributed by atoms with van der Waals surface area (Å²) in [6, 6.07) is 12.5. The van der Waals surface area contributed by atoms with Crippen LogP contribution in [0.2, 0.25) is 0 Å². The zero-order valence-corrected chi connectivity index (χ0v) is 12.7. The van der Waals surface area contributed by atoms with Crippen LogP contribution in [-0.4, -0.2) is 30.4 Å². The van der Waals surface area contributed by atoms with Crippen molar-refractivity contribution in [1.82, 2.24) is 5.32 Å². The van der Waals surface area contributed by atoms with E-state index in [-0.39, 0.29) is 0 Å². The Morgan fingerprint density at radius 2 is 1.95 bits per heavy atom. The van der Waals surface area contributed by atoms with Crippen LogP contribution in [0, 0.1) is 0 Å². The van der Waals surface area contributed by atoms with Crippen molar-refractivity contribution in [2.45, 2.75) is 26.0 Å². The van der Waals surface area contributed by atoms with Gasteiger partial charge in [-0.25, -0.2) is 0 Å². The van der Waals surface area contributed by atoms with Gasteiger partial charge < -0.3 is 15.2 Å². The lowest BCUT2D eigenvalue weighted by Crippen LogP contribution is -2.35. The molecule has 0 fully saturated rings. The second-order valence-electron chi connectivity index (χ2n) is 5.03. The molecule has 3 nitrogen and oxygen atoms in total. The van der Waals surface area contributed by atoms with Crippen LogP contribution < -0.4 is 10.1 Å². The summed E-state index contributed by atoms with van der Waals surface area (Å²) in [5.74, 6) is 0.786. The van der Waals surface area contributed by atoms with Crippen molar-refractivity contribution in [3.63, 3.8) is 0 Å². The highest BCUT2D eigenvalue weighted by molar-refractivity contribution is 7.13. The number of ether oxygens (including phenoxy) is 1. The van der Waals surface area contributed by atoms with Crippen LogP contribution in [0.3, 0.4) is 0 Å². The molecule has 0 unspecified atom stereocenters. The second kappa shape index (κ2) is 7.43. The molecule has 0 aliphatic carbocycles. The Balaban J connectivity index is 1.82. The minimum atomic E-state index is -0.491. The summed E-state index contributed by atoms with van der Waals surface area (Å²) >= 11 is 1.72. The van der Waals surface area contributed by atoms with E-state index in [0.717, 1.165) is 5.75 Å². The first-order valence-electron chi connectivity index (χ1n) is 6.83. The maximum atomic E-state index is 9.78. The summed E-state index contributed by atoms with van der Waals surface area (Å²) in [5.41, 5.74) is 1.19. The third-order valence-electron chi connectivity index (χ3n) is 2.86. The second-order valence-corrected chi connectivity index (χ2v) is 5.98. The zero-order valence-electron chi connectivity index (χ0n) is 11.9. The highest BCUT2D eigenvalue weighted by Crippen LogP contribution is 2.26. The predicted octanol–water partition coefficient (Wildman–Crippen LogP) is 3.15. The monoisotopic (exact) mass is 291 g/mol. The fourth-order valence-electron chi connectivity index (χ4n) is 1.78. The highest BCUT2D eigenvalue weighted by Gasteiger charge is 2.06. The summed E-state index contributed by atoms with van der Waals surface area (Å²) < 4.78 is 5.59. The molecule has 1 heterocycles. The van der Waals surface area contributed by atoms with E-state index in [9.17, 15) is 5.11 Å². The van der Waals surface area contributed by atoms with Crippen molar-refractivity contribution in [3.8, 4) is 16.2 Å². The summed E-state index contributed by atoms with van der Waals surface area (Å²) in [4.78, 5) is 1.25. The van der Waals surface area contributed by atoms with Gasteiger partial charge in [0.05, 0.1) is 0 Å². The zero-order chi connectivity index (χ0) is 14.4. The third-order valence-corrected chi connectivity index (χ3v) is 3.78. The van der Waals surface area contributed by atoms with E-state index in [1.807, 2.05) is 30.3 Å². The first-order valence-corrected chi connectivity index (χ1v) is 7.71. The van der Waals surface area contributed by atoms with E-state index in [1.165, 1.54) is 10.4 Å². The Morgan fingerprint density at radius 3 is 2.55 bits per heavy atom. The predicted molar refractivity (Wildman–Crippen MR) is 84.4 cm³/mol. The Labute approximate surface area is 124 Å². The Kier molecular flexibility index (Phi) is 5.59. The van der Waals surface area contributed by atoms with Gasteiger partial charge in [-0.3, -0.25) is 0 Å². The molecular formula is C16H21NO2S. The van der Waals surface area contributed by atoms with Crippen LogP contribution >= 0.6 is 11.3 Å². The molecule has 0 saturated heterocycles. The first-order chi connectivity index (χ1) is 9.65. The van der Waals surface area contributed by atoms with Crippen LogP contribution in [0.4, 0.5) is 0 Å². The molecule has 20 heavy (non-hydrogen) atoms. The van der Waals surface area contributed by atoms with Crippen LogP contribution in [0.25, 0.3) is 10.4 Å². The fraction of sp³-hybridized carbons (Fsp3) is 0.375. The van der Waals surface area contributed by atoms with Gasteiger partial charge in [-0.15, -0.1) is 11.3 Å². The Hall–Kier alpha value is -1.36. The molecule has 0 aliphatic rings. The molecule has 1 atom stereocenters. The maximum Gasteiger partial charge on any atom is 0.119 e. The smallest absolute Gasteiger partial charge is 0.119 e. The summed E-state index contributed by atoms with van der Waals surface area (Å²) in [6.45, 7) is 4.96. The number of thiophene rings is 1. The number of hydrogen-bond acceptors (Lipinski definition) is 4. The van der Waals surface area contributed by atoms with E-state index in [4.69, 9.17) is 4.74 Å². The molecule has 0 spiro atoms. The maximum absolute atomic E-state index is 9.78. The van der Waals surface area contributed by atoms with E-state index >= 15 is 0 Å². The molecule has 0 saturated carbocycles. The van der Waals surface area contributed by atoms with Crippen LogP contribution in [0.5, 0.6) is 5.75 Å². The highest BCUT2D eigenvalue weighted by atomic mass is 32.1. The van der Waals surface area contributed by atoms with E-state index in [0.29, 0.717) is 19.2 Å². The lowest BCUT2D eigenvalue weighted by molar-refractivity contribution is 0.104. The number of nitrogens with one attached hydrogen (secondary N) is 1. The summed E-state index contributed by atoms with van der Waals surface area (Å²) in [7, 11) is 0. The van der Waals surface area contributed by atoms with Gasteiger partial charge in [-0.05, 0) is 41.3 Å². The largest absolute Gasteiger partial charge is 0.491 e. The molecule has 4 heteroatoms.